The van der Waals surface area contributed by atoms with Crippen LogP contribution in [0.1, 0.15) is 101 Å². The van der Waals surface area contributed by atoms with Crippen LogP contribution in [0.2, 0.25) is 36.3 Å². The number of hydrogen-bond donors (Lipinski definition) is 0. The maximum Gasteiger partial charge on any atom is 0.344 e. The monoisotopic (exact) mass is 742 g/mol. The summed E-state index contributed by atoms with van der Waals surface area (Å²) in [5.74, 6) is -0.545. The van der Waals surface area contributed by atoms with Gasteiger partial charge in [0.2, 0.25) is 0 Å². The Balaban J connectivity index is 1.89. The van der Waals surface area contributed by atoms with Crippen LogP contribution in [0.15, 0.2) is 23.8 Å². The van der Waals surface area contributed by atoms with Crippen LogP contribution in [0, 0.1) is 17.8 Å². The fraction of sp³-hybridized carbons (Fsp3) is 0.838. The Morgan fingerprint density at radius 2 is 1.53 bits per heavy atom. The molecule has 12 heteroatoms. The number of carbonyl (C=O) groups is 2. The number of esters is 2. The Kier molecular flexibility index (Phi) is 14.1. The summed E-state index contributed by atoms with van der Waals surface area (Å²) in [7, 11) is -7.93. The fourth-order valence-corrected chi connectivity index (χ4v) is 10.9. The summed E-state index contributed by atoms with van der Waals surface area (Å²) in [5, 5.41) is 0.0559. The average molecular weight is 743 g/mol. The Bertz CT molecular complexity index is 1260. The van der Waals surface area contributed by atoms with E-state index < -0.39 is 42.0 Å². The molecule has 1 fully saturated rings. The van der Waals surface area contributed by atoms with Gasteiger partial charge in [0.25, 0.3) is 0 Å². The SMILES string of the molecule is CCOP(=O)(OCC)C(C)C(=O)O[C@H]1C[C@@H](O[Si](C)(C)C(C)(C)C)C=C2C=C[C@H](C)[C@H](CC[C@@H]3C[C@@H](O[Si](C)(C)C(C)(C)C)CC(=O)O3)C21. The molecule has 1 aliphatic heterocycles. The second-order valence-corrected chi connectivity index (χ2v) is 29.3. The number of fused-ring (bicyclic) bond motifs is 1. The predicted molar refractivity (Wildman–Crippen MR) is 201 cm³/mol. The molecule has 8 atom stereocenters. The largest absolute Gasteiger partial charge is 0.462 e. The van der Waals surface area contributed by atoms with Crippen LogP contribution in [0.5, 0.6) is 0 Å². The van der Waals surface area contributed by atoms with Crippen molar-refractivity contribution in [1.82, 2.24) is 0 Å². The smallest absolute Gasteiger partial charge is 0.344 e. The van der Waals surface area contributed by atoms with Crippen LogP contribution in [0.3, 0.4) is 0 Å². The van der Waals surface area contributed by atoms with E-state index in [9.17, 15) is 14.2 Å². The zero-order valence-corrected chi connectivity index (χ0v) is 35.8. The maximum absolute atomic E-state index is 13.8. The Labute approximate surface area is 299 Å². The van der Waals surface area contributed by atoms with Crippen molar-refractivity contribution in [2.45, 2.75) is 168 Å². The first-order valence-electron chi connectivity index (χ1n) is 18.5. The minimum absolute atomic E-state index is 0.00765. The molecule has 0 aromatic rings. The molecule has 0 amide bonds. The molecule has 9 nitrogen and oxygen atoms in total. The molecule has 0 radical (unpaired) electrons. The average Bonchev–Trinajstić information content (AvgIpc) is 2.94. The van der Waals surface area contributed by atoms with E-state index in [2.05, 4.69) is 92.9 Å². The lowest BCUT2D eigenvalue weighted by molar-refractivity contribution is -0.161. The molecule has 0 spiro atoms. The number of carbonyl (C=O) groups excluding carboxylic acids is 2. The lowest BCUT2D eigenvalue weighted by atomic mass is 9.66. The van der Waals surface area contributed by atoms with Gasteiger partial charge in [0.15, 0.2) is 22.3 Å². The van der Waals surface area contributed by atoms with Crippen LogP contribution in [-0.2, 0) is 41.5 Å². The van der Waals surface area contributed by atoms with Gasteiger partial charge in [0.05, 0.1) is 31.8 Å². The summed E-state index contributed by atoms with van der Waals surface area (Å²) >= 11 is 0. The summed E-state index contributed by atoms with van der Waals surface area (Å²) in [6, 6.07) is 0. The van der Waals surface area contributed by atoms with Crippen molar-refractivity contribution in [1.29, 1.82) is 0 Å². The van der Waals surface area contributed by atoms with Crippen molar-refractivity contribution < 1.29 is 41.5 Å². The van der Waals surface area contributed by atoms with E-state index in [1.165, 1.54) is 0 Å². The standard InChI is InChI=1S/C37H67O9PSi2/c1-15-41-47(40,42-16-2)26(4)35(39)44-32-23-29(45-48(11,12)36(5,6)7)21-27-18-17-25(3)31(34(27)32)20-19-28-22-30(24-33(38)43-28)46-49(13,14)37(8,9)10/h17-18,21,25-26,28-32,34H,15-16,19-20,22-24H2,1-14H3/t25-,26?,28+,29-,30+,31-,32-,34?/m0/s1. The lowest BCUT2D eigenvalue weighted by Gasteiger charge is -2.46. The van der Waals surface area contributed by atoms with E-state index in [0.29, 0.717) is 25.7 Å². The second-order valence-electron chi connectivity index (χ2n) is 17.4. The highest BCUT2D eigenvalue weighted by Crippen LogP contribution is 2.54. The van der Waals surface area contributed by atoms with Gasteiger partial charge in [-0.3, -0.25) is 14.2 Å². The van der Waals surface area contributed by atoms with E-state index >= 15 is 0 Å². The van der Waals surface area contributed by atoms with Gasteiger partial charge in [-0.2, -0.15) is 0 Å². The predicted octanol–water partition coefficient (Wildman–Crippen LogP) is 9.59. The Hall–Kier alpha value is -1.08. The van der Waals surface area contributed by atoms with Gasteiger partial charge in [-0.25, -0.2) is 0 Å². The normalized spacial score (nSPS) is 29.1. The van der Waals surface area contributed by atoms with Crippen molar-refractivity contribution >= 4 is 36.2 Å². The number of ether oxygens (including phenoxy) is 2. The first-order valence-corrected chi connectivity index (χ1v) is 25.9. The topological polar surface area (TPSA) is 107 Å². The van der Waals surface area contributed by atoms with Crippen LogP contribution in [0.25, 0.3) is 0 Å². The first kappa shape index (κ1) is 42.3. The molecule has 0 N–H and O–H groups in total. The molecule has 3 aliphatic rings. The third-order valence-electron chi connectivity index (χ3n) is 11.6. The maximum atomic E-state index is 13.8. The Morgan fingerprint density at radius 1 is 0.959 bits per heavy atom. The molecular weight excluding hydrogens is 676 g/mol. The lowest BCUT2D eigenvalue weighted by Crippen LogP contribution is -2.49. The molecule has 0 saturated carbocycles. The van der Waals surface area contributed by atoms with Crippen LogP contribution >= 0.6 is 7.60 Å². The van der Waals surface area contributed by atoms with Crippen molar-refractivity contribution in [2.75, 3.05) is 13.2 Å². The van der Waals surface area contributed by atoms with Crippen molar-refractivity contribution in [2.24, 2.45) is 17.8 Å². The van der Waals surface area contributed by atoms with Crippen LogP contribution in [-0.4, -0.2) is 71.9 Å². The van der Waals surface area contributed by atoms with Gasteiger partial charge < -0.3 is 27.4 Å². The molecule has 0 aromatic carbocycles. The van der Waals surface area contributed by atoms with E-state index in [0.717, 1.165) is 12.0 Å². The molecule has 2 aliphatic carbocycles. The summed E-state index contributed by atoms with van der Waals surface area (Å²) in [4.78, 5) is 26.6. The van der Waals surface area contributed by atoms with Crippen molar-refractivity contribution in [3.05, 3.63) is 23.8 Å². The molecule has 3 rings (SSSR count). The van der Waals surface area contributed by atoms with Gasteiger partial charge in [-0.15, -0.1) is 0 Å². The molecule has 0 aromatic heterocycles. The third kappa shape index (κ3) is 10.5. The number of rotatable bonds is 14. The van der Waals surface area contributed by atoms with Crippen LogP contribution < -0.4 is 0 Å². The molecule has 282 valence electrons. The third-order valence-corrected chi connectivity index (χ3v) is 23.1. The highest BCUT2D eigenvalue weighted by molar-refractivity contribution is 7.55. The number of hydrogen-bond acceptors (Lipinski definition) is 9. The van der Waals surface area contributed by atoms with Crippen molar-refractivity contribution in [3.8, 4) is 0 Å². The number of allylic oxidation sites excluding steroid dienone is 2. The minimum Gasteiger partial charge on any atom is -0.462 e. The zero-order chi connectivity index (χ0) is 37.2. The van der Waals surface area contributed by atoms with Gasteiger partial charge in [-0.05, 0) is 87.3 Å². The highest BCUT2D eigenvalue weighted by Gasteiger charge is 2.48. The highest BCUT2D eigenvalue weighted by atomic mass is 31.2. The van der Waals surface area contributed by atoms with Gasteiger partial charge in [-0.1, -0.05) is 66.7 Å². The molecule has 49 heavy (non-hydrogen) atoms. The van der Waals surface area contributed by atoms with Gasteiger partial charge in [0.1, 0.15) is 12.2 Å². The van der Waals surface area contributed by atoms with Gasteiger partial charge in [0, 0.05) is 18.8 Å². The molecule has 1 saturated heterocycles. The van der Waals surface area contributed by atoms with E-state index in [4.69, 9.17) is 27.4 Å². The van der Waals surface area contributed by atoms with E-state index in [1.807, 2.05) is 0 Å². The second kappa shape index (κ2) is 16.3. The summed E-state index contributed by atoms with van der Waals surface area (Å²) in [5.41, 5.74) is 0.0251. The first-order chi connectivity index (χ1) is 22.4. The zero-order valence-electron chi connectivity index (χ0n) is 32.9. The van der Waals surface area contributed by atoms with Crippen molar-refractivity contribution in [3.63, 3.8) is 0 Å². The molecule has 2 unspecified atom stereocenters. The van der Waals surface area contributed by atoms with E-state index in [1.54, 1.807) is 20.8 Å². The van der Waals surface area contributed by atoms with E-state index in [-0.39, 0.29) is 65.3 Å². The summed E-state index contributed by atoms with van der Waals surface area (Å²) in [6.45, 7) is 29.8. The number of cyclic esters (lactones) is 1. The Morgan fingerprint density at radius 3 is 2.08 bits per heavy atom. The molecular formula is C37H67O9PSi2. The summed E-state index contributed by atoms with van der Waals surface area (Å²) in [6.07, 6.45) is 8.48. The van der Waals surface area contributed by atoms with Crippen LogP contribution in [0.4, 0.5) is 0 Å². The quantitative estimate of drug-likeness (QED) is 0.0977. The molecule has 0 bridgehead atoms. The molecule has 1 heterocycles. The fourth-order valence-electron chi connectivity index (χ4n) is 6.69. The van der Waals surface area contributed by atoms with Gasteiger partial charge >= 0.3 is 19.5 Å². The summed E-state index contributed by atoms with van der Waals surface area (Å²) < 4.78 is 50.5. The minimum atomic E-state index is -3.72.